The topological polar surface area (TPSA) is 24.9 Å². The molecule has 1 aromatic heterocycles. The van der Waals surface area contributed by atoms with E-state index >= 15 is 0 Å². The third-order valence-corrected chi connectivity index (χ3v) is 3.59. The number of pyridine rings is 1. The highest BCUT2D eigenvalue weighted by Crippen LogP contribution is 2.33. The van der Waals surface area contributed by atoms with Crippen LogP contribution in [-0.4, -0.2) is 12.0 Å². The molecular formula is C16H17F3N2. The molecule has 2 nitrogen and oxygen atoms in total. The van der Waals surface area contributed by atoms with Crippen LogP contribution in [0.5, 0.6) is 0 Å². The van der Waals surface area contributed by atoms with Gasteiger partial charge in [0, 0.05) is 12.4 Å². The van der Waals surface area contributed by atoms with Gasteiger partial charge in [-0.1, -0.05) is 6.07 Å². The van der Waals surface area contributed by atoms with Crippen LogP contribution in [0.25, 0.3) is 0 Å². The zero-order chi connectivity index (χ0) is 15.6. The van der Waals surface area contributed by atoms with Gasteiger partial charge >= 0.3 is 6.18 Å². The van der Waals surface area contributed by atoms with E-state index in [-0.39, 0.29) is 6.04 Å². The minimum absolute atomic E-state index is 0.180. The molecule has 1 heterocycles. The highest BCUT2D eigenvalue weighted by molar-refractivity contribution is 5.41. The Morgan fingerprint density at radius 2 is 1.76 bits per heavy atom. The van der Waals surface area contributed by atoms with Crippen molar-refractivity contribution in [3.63, 3.8) is 0 Å². The summed E-state index contributed by atoms with van der Waals surface area (Å²) < 4.78 is 38.2. The monoisotopic (exact) mass is 294 g/mol. The number of benzene rings is 1. The van der Waals surface area contributed by atoms with Gasteiger partial charge in [0.25, 0.3) is 0 Å². The van der Waals surface area contributed by atoms with Crippen molar-refractivity contribution in [3.05, 3.63) is 64.5 Å². The van der Waals surface area contributed by atoms with Crippen LogP contribution >= 0.6 is 0 Å². The predicted molar refractivity (Wildman–Crippen MR) is 76.1 cm³/mol. The van der Waals surface area contributed by atoms with E-state index in [1.54, 1.807) is 26.4 Å². The maximum absolute atomic E-state index is 12.7. The zero-order valence-corrected chi connectivity index (χ0v) is 12.1. The lowest BCUT2D eigenvalue weighted by Gasteiger charge is -2.21. The Kier molecular flexibility index (Phi) is 4.32. The van der Waals surface area contributed by atoms with Crippen molar-refractivity contribution in [1.29, 1.82) is 0 Å². The lowest BCUT2D eigenvalue weighted by molar-refractivity contribution is -0.137. The Morgan fingerprint density at radius 1 is 1.05 bits per heavy atom. The third kappa shape index (κ3) is 3.24. The van der Waals surface area contributed by atoms with Gasteiger partial charge in [-0.25, -0.2) is 0 Å². The van der Waals surface area contributed by atoms with E-state index in [2.05, 4.69) is 10.3 Å². The van der Waals surface area contributed by atoms with Crippen molar-refractivity contribution in [2.75, 3.05) is 7.05 Å². The van der Waals surface area contributed by atoms with Crippen molar-refractivity contribution < 1.29 is 13.2 Å². The molecule has 0 aliphatic heterocycles. The van der Waals surface area contributed by atoms with Crippen LogP contribution in [0.2, 0.25) is 0 Å². The largest absolute Gasteiger partial charge is 0.416 e. The molecule has 0 radical (unpaired) electrons. The molecule has 5 heteroatoms. The van der Waals surface area contributed by atoms with Gasteiger partial charge < -0.3 is 5.32 Å². The van der Waals surface area contributed by atoms with Gasteiger partial charge in [0.1, 0.15) is 0 Å². The normalized spacial score (nSPS) is 13.2. The average Bonchev–Trinajstić information content (AvgIpc) is 2.42. The molecule has 21 heavy (non-hydrogen) atoms. The zero-order valence-electron chi connectivity index (χ0n) is 12.1. The minimum atomic E-state index is -4.32. The molecule has 0 bridgehead atoms. The van der Waals surface area contributed by atoms with Gasteiger partial charge in [0.05, 0.1) is 11.6 Å². The van der Waals surface area contributed by atoms with Crippen LogP contribution in [0.15, 0.2) is 36.7 Å². The van der Waals surface area contributed by atoms with Gasteiger partial charge in [0.15, 0.2) is 0 Å². The number of hydrogen-bond donors (Lipinski definition) is 1. The molecule has 0 saturated carbocycles. The summed E-state index contributed by atoms with van der Waals surface area (Å²) in [5.41, 5.74) is 2.81. The third-order valence-electron chi connectivity index (χ3n) is 3.59. The van der Waals surface area contributed by atoms with Crippen LogP contribution in [0.3, 0.4) is 0 Å². The SMILES string of the molecule is CNC(c1ccc(C(F)(F)F)cc1C)c1cnccc1C. The van der Waals surface area contributed by atoms with E-state index in [1.165, 1.54) is 12.1 Å². The number of rotatable bonds is 3. The lowest BCUT2D eigenvalue weighted by atomic mass is 9.92. The fourth-order valence-electron chi connectivity index (χ4n) is 2.43. The second-order valence-corrected chi connectivity index (χ2v) is 5.02. The van der Waals surface area contributed by atoms with E-state index in [0.717, 1.165) is 22.8 Å². The molecule has 0 aliphatic carbocycles. The summed E-state index contributed by atoms with van der Waals surface area (Å²) in [6, 6.07) is 5.55. The number of aryl methyl sites for hydroxylation is 2. The Labute approximate surface area is 122 Å². The second kappa shape index (κ2) is 5.85. The molecule has 0 saturated heterocycles. The average molecular weight is 294 g/mol. The van der Waals surface area contributed by atoms with Crippen molar-refractivity contribution >= 4 is 0 Å². The molecule has 2 aromatic rings. The van der Waals surface area contributed by atoms with Crippen LogP contribution in [-0.2, 0) is 6.18 Å². The van der Waals surface area contributed by atoms with Crippen LogP contribution in [0.4, 0.5) is 13.2 Å². The van der Waals surface area contributed by atoms with E-state index in [1.807, 2.05) is 13.0 Å². The van der Waals surface area contributed by atoms with E-state index in [0.29, 0.717) is 5.56 Å². The van der Waals surface area contributed by atoms with E-state index in [9.17, 15) is 13.2 Å². The van der Waals surface area contributed by atoms with Crippen LogP contribution < -0.4 is 5.32 Å². The highest BCUT2D eigenvalue weighted by atomic mass is 19.4. The molecule has 0 fully saturated rings. The molecule has 0 spiro atoms. The van der Waals surface area contributed by atoms with E-state index in [4.69, 9.17) is 0 Å². The van der Waals surface area contributed by atoms with Gasteiger partial charge in [0.2, 0.25) is 0 Å². The molecule has 0 amide bonds. The summed E-state index contributed by atoms with van der Waals surface area (Å²) in [7, 11) is 1.79. The summed E-state index contributed by atoms with van der Waals surface area (Å²) in [4.78, 5) is 4.11. The molecule has 1 aromatic carbocycles. The smallest absolute Gasteiger partial charge is 0.309 e. The molecule has 1 atom stereocenters. The van der Waals surface area contributed by atoms with E-state index < -0.39 is 11.7 Å². The molecule has 0 aliphatic rings. The van der Waals surface area contributed by atoms with Crippen molar-refractivity contribution in [2.45, 2.75) is 26.1 Å². The minimum Gasteiger partial charge on any atom is -0.309 e. The Balaban J connectivity index is 2.47. The Morgan fingerprint density at radius 3 is 2.29 bits per heavy atom. The molecule has 2 rings (SSSR count). The fraction of sp³-hybridized carbons (Fsp3) is 0.312. The fourth-order valence-corrected chi connectivity index (χ4v) is 2.43. The summed E-state index contributed by atoms with van der Waals surface area (Å²) >= 11 is 0. The number of nitrogens with one attached hydrogen (secondary N) is 1. The quantitative estimate of drug-likeness (QED) is 0.924. The first kappa shape index (κ1) is 15.5. The van der Waals surface area contributed by atoms with Gasteiger partial charge in [-0.2, -0.15) is 13.2 Å². The first-order chi connectivity index (χ1) is 9.84. The van der Waals surface area contributed by atoms with Crippen molar-refractivity contribution in [1.82, 2.24) is 10.3 Å². The summed E-state index contributed by atoms with van der Waals surface area (Å²) in [5, 5.41) is 3.15. The van der Waals surface area contributed by atoms with Crippen molar-refractivity contribution in [3.8, 4) is 0 Å². The lowest BCUT2D eigenvalue weighted by Crippen LogP contribution is -2.20. The molecule has 1 N–H and O–H groups in total. The molecular weight excluding hydrogens is 277 g/mol. The van der Waals surface area contributed by atoms with Crippen LogP contribution in [0.1, 0.15) is 33.9 Å². The maximum Gasteiger partial charge on any atom is 0.416 e. The number of aromatic nitrogens is 1. The first-order valence-electron chi connectivity index (χ1n) is 6.60. The number of nitrogens with zero attached hydrogens (tertiary/aromatic N) is 1. The second-order valence-electron chi connectivity index (χ2n) is 5.02. The number of hydrogen-bond acceptors (Lipinski definition) is 2. The number of alkyl halides is 3. The summed E-state index contributed by atoms with van der Waals surface area (Å²) in [6.45, 7) is 3.65. The predicted octanol–water partition coefficient (Wildman–Crippen LogP) is 4.03. The highest BCUT2D eigenvalue weighted by Gasteiger charge is 2.31. The summed E-state index contributed by atoms with van der Waals surface area (Å²) in [5.74, 6) is 0. The van der Waals surface area contributed by atoms with Gasteiger partial charge in [-0.15, -0.1) is 0 Å². The van der Waals surface area contributed by atoms with Crippen LogP contribution in [0, 0.1) is 13.8 Å². The van der Waals surface area contributed by atoms with Crippen molar-refractivity contribution in [2.24, 2.45) is 0 Å². The molecule has 1 unspecified atom stereocenters. The maximum atomic E-state index is 12.7. The van der Waals surface area contributed by atoms with Gasteiger partial charge in [-0.3, -0.25) is 4.98 Å². The first-order valence-corrected chi connectivity index (χ1v) is 6.60. The summed E-state index contributed by atoms with van der Waals surface area (Å²) in [6.07, 6.45) is -0.874. The Bertz CT molecular complexity index is 636. The molecule has 112 valence electrons. The standard InChI is InChI=1S/C16H17F3N2/c1-10-6-7-21-9-14(10)15(20-3)13-5-4-12(8-11(13)2)16(17,18)19/h4-9,15,20H,1-3H3. The Hall–Kier alpha value is -1.88. The number of halogens is 3. The van der Waals surface area contributed by atoms with Gasteiger partial charge in [-0.05, 0) is 61.3 Å².